The zero-order valence-electron chi connectivity index (χ0n) is 51.6. The van der Waals surface area contributed by atoms with Gasteiger partial charge in [0.1, 0.15) is 208 Å². The first kappa shape index (κ1) is 82.4. The number of rotatable bonds is 27. The van der Waals surface area contributed by atoms with Gasteiger partial charge in [-0.1, -0.05) is 0 Å². The summed E-state index contributed by atoms with van der Waals surface area (Å²) in [6.45, 7) is -9.05. The Labute approximate surface area is 556 Å². The van der Waals surface area contributed by atoms with Crippen LogP contribution in [0.5, 0.6) is 0 Å². The molecule has 8 aliphatic heterocycles. The molecule has 0 unspecified atom stereocenters. The zero-order valence-corrected chi connectivity index (χ0v) is 51.6. The number of carboxylic acids is 1. The molecule has 99 heavy (non-hydrogen) atoms. The van der Waals surface area contributed by atoms with Gasteiger partial charge in [0.2, 0.25) is 0 Å². The number of carboxylic acid groups (broad SMARTS) is 1. The minimum absolute atomic E-state index is 0.933. The number of hydrogen-bond donors (Lipinski definition) is 30. The Kier molecular flexibility index (Phi) is 29.1. The van der Waals surface area contributed by atoms with Gasteiger partial charge in [0.15, 0.2) is 44.0 Å². The maximum absolute atomic E-state index is 12.6. The van der Waals surface area contributed by atoms with E-state index in [0.717, 1.165) is 0 Å². The number of hydrogen-bond acceptors (Lipinski definition) is 45. The Morgan fingerprint density at radius 1 is 0.343 bits per heavy atom. The SMILES string of the molecule is O=C(O)[C@@]1(O)C[C@@H](O)[C@@H](O[C@H]2O[C@H]([C@@H](O)CO)[C@@H](O[C@@H]3O[C@H](CO[C@H]4O[C@H](CO)[C@H](O)[C@H](O)[C@H]4O)[C@@H](O)[C@H](O)[C@H]3O)[C@H](O[C@H]3O[C@H]([C@@H](O)CO[C@H]4O[C@H]([C@@H](O)CO)[C@@H](O)[C@H](O)[C@@H]4O)[C@@H](O)[C@H](O[C@H]4O[C@H](CO[C@H]5O[C@H](CO)[C@@H](O)[C@H](O)[C@H]5O)[C@@H](O)[C@H](O)[C@H]4O)[C@@H]3O)[C@@H]2O)[C@@H]([C@H](O)CO)O1. The lowest BCUT2D eigenvalue weighted by Gasteiger charge is -2.52. The highest BCUT2D eigenvalue weighted by Crippen LogP contribution is 2.41. The molecule has 0 radical (unpaired) electrons. The summed E-state index contributed by atoms with van der Waals surface area (Å²) in [5, 5.41) is 325. The Hall–Kier alpha value is -2.29. The highest BCUT2D eigenvalue weighted by molar-refractivity contribution is 5.75. The van der Waals surface area contributed by atoms with Crippen molar-refractivity contribution in [3.8, 4) is 0 Å². The lowest BCUT2D eigenvalue weighted by atomic mass is 9.91. The van der Waals surface area contributed by atoms with E-state index in [1.807, 2.05) is 0 Å². The van der Waals surface area contributed by atoms with Crippen molar-refractivity contribution < 1.29 is 229 Å². The molecule has 0 saturated carbocycles. The smallest absolute Gasteiger partial charge is 0.364 e. The molecule has 8 saturated heterocycles. The fourth-order valence-corrected chi connectivity index (χ4v) is 12.3. The quantitative estimate of drug-likeness (QED) is 0.0363. The van der Waals surface area contributed by atoms with E-state index in [2.05, 4.69) is 0 Å². The van der Waals surface area contributed by atoms with Crippen LogP contribution in [0.3, 0.4) is 0 Å². The molecule has 0 bridgehead atoms. The standard InChI is InChI=1S/C53H90O46/c54-2-11(60)37-28(73)27(72)31(76)47(92-37)85-7-14(63)38-34(79)42(96-48-32(77)25(70)21(66)17(90-48)8-86-45-29(74)23(68)19(64)15(5-57)88-45)35(80)50(93-38)97-43-36(81)51(94-39-10(59)1-53(84,52(82)83)99-41(39)13(62)4-56)95-40(12(61)3-55)44(43)98-49-33(78)26(71)22(67)18(91-49)9-87-46-30(75)24(69)20(65)16(6-58)89-46/h10-51,54-81,84H,1-9H2,(H,82,83)/t10-,11+,12+,13-,14+,15-,16-,17-,18-,19-,20+,21-,22-,23+,24+,25+,26+,27+,28+,29-,30-,31+,32-,33-,34-,35+,36+,37-,38-,39-,40-,41-,42+,43-,44-,45+,46+,47+,48-,49+,50-,51+,53-/m1/s1. The summed E-state index contributed by atoms with van der Waals surface area (Å²) < 4.78 is 84.9. The molecule has 0 aromatic carbocycles. The number of aliphatic hydroxyl groups is 29. The Morgan fingerprint density at radius 2 is 0.677 bits per heavy atom. The summed E-state index contributed by atoms with van der Waals surface area (Å²) in [6.07, 6.45) is -95.7. The lowest BCUT2D eigenvalue weighted by Crippen LogP contribution is -2.70. The summed E-state index contributed by atoms with van der Waals surface area (Å²) in [7, 11) is 0. The van der Waals surface area contributed by atoms with Crippen LogP contribution in [0.1, 0.15) is 6.42 Å². The second-order valence-corrected chi connectivity index (χ2v) is 24.9. The van der Waals surface area contributed by atoms with Crippen LogP contribution in [0.4, 0.5) is 0 Å². The number of aliphatic hydroxyl groups excluding tert-OH is 28. The molecule has 0 aromatic rings. The van der Waals surface area contributed by atoms with Crippen molar-refractivity contribution in [2.75, 3.05) is 52.9 Å². The molecule has 8 fully saturated rings. The molecule has 0 aliphatic carbocycles. The molecule has 8 aliphatic rings. The molecule has 578 valence electrons. The van der Waals surface area contributed by atoms with Gasteiger partial charge < -0.3 is 224 Å². The van der Waals surface area contributed by atoms with Gasteiger partial charge in [0.25, 0.3) is 5.79 Å². The van der Waals surface area contributed by atoms with Gasteiger partial charge in [-0.05, 0) is 0 Å². The van der Waals surface area contributed by atoms with Crippen molar-refractivity contribution in [2.24, 2.45) is 0 Å². The largest absolute Gasteiger partial charge is 0.477 e. The maximum Gasteiger partial charge on any atom is 0.364 e. The summed E-state index contributed by atoms with van der Waals surface area (Å²) in [4.78, 5) is 12.1. The highest BCUT2D eigenvalue weighted by atomic mass is 16.8. The first-order valence-electron chi connectivity index (χ1n) is 31.0. The molecule has 8 rings (SSSR count). The van der Waals surface area contributed by atoms with Gasteiger partial charge in [0.05, 0.1) is 59.0 Å². The summed E-state index contributed by atoms with van der Waals surface area (Å²) in [6, 6.07) is 0. The van der Waals surface area contributed by atoms with Gasteiger partial charge in [-0.2, -0.15) is 0 Å². The topological polar surface area (TPSA) is 762 Å². The molecule has 46 nitrogen and oxygen atoms in total. The Balaban J connectivity index is 1.16. The fraction of sp³-hybridized carbons (Fsp3) is 0.981. The van der Waals surface area contributed by atoms with Gasteiger partial charge in [-0.15, -0.1) is 0 Å². The summed E-state index contributed by atoms with van der Waals surface area (Å²) >= 11 is 0. The van der Waals surface area contributed by atoms with Crippen LogP contribution in [-0.2, 0) is 75.8 Å². The van der Waals surface area contributed by atoms with Gasteiger partial charge in [-0.25, -0.2) is 4.79 Å². The van der Waals surface area contributed by atoms with Crippen LogP contribution in [0.2, 0.25) is 0 Å². The second-order valence-electron chi connectivity index (χ2n) is 24.9. The Morgan fingerprint density at radius 3 is 1.13 bits per heavy atom. The van der Waals surface area contributed by atoms with Gasteiger partial charge >= 0.3 is 5.97 Å². The third kappa shape index (κ3) is 17.6. The highest BCUT2D eigenvalue weighted by Gasteiger charge is 2.61. The minimum Gasteiger partial charge on any atom is -0.477 e. The first-order chi connectivity index (χ1) is 46.6. The molecular weight excluding hydrogens is 1370 g/mol. The van der Waals surface area contributed by atoms with Crippen molar-refractivity contribution in [1.82, 2.24) is 0 Å². The molecule has 30 N–H and O–H groups in total. The first-order valence-corrected chi connectivity index (χ1v) is 31.0. The fourth-order valence-electron chi connectivity index (χ4n) is 12.3. The van der Waals surface area contributed by atoms with Crippen LogP contribution in [0, 0.1) is 0 Å². The third-order valence-corrected chi connectivity index (χ3v) is 18.2. The second kappa shape index (κ2) is 35.0. The third-order valence-electron chi connectivity index (χ3n) is 18.2. The van der Waals surface area contributed by atoms with E-state index < -0.39 is 329 Å². The molecule has 0 aromatic heterocycles. The molecule has 0 amide bonds. The number of aliphatic carboxylic acids is 1. The monoisotopic (exact) mass is 1460 g/mol. The summed E-state index contributed by atoms with van der Waals surface area (Å²) in [5.41, 5.74) is 0. The molecule has 46 heteroatoms. The van der Waals surface area contributed by atoms with Crippen LogP contribution in [0.15, 0.2) is 0 Å². The molecule has 0 spiro atoms. The van der Waals surface area contributed by atoms with Crippen molar-refractivity contribution in [1.29, 1.82) is 0 Å². The molecular formula is C53H90O46. The lowest BCUT2D eigenvalue weighted by molar-refractivity contribution is -0.411. The zero-order chi connectivity index (χ0) is 73.3. The number of carbonyl (C=O) groups is 1. The van der Waals surface area contributed by atoms with E-state index in [1.165, 1.54) is 0 Å². The predicted molar refractivity (Wildman–Crippen MR) is 294 cm³/mol. The van der Waals surface area contributed by atoms with Crippen LogP contribution >= 0.6 is 0 Å². The molecule has 8 heterocycles. The average molecular weight is 1460 g/mol. The summed E-state index contributed by atoms with van der Waals surface area (Å²) in [5.74, 6) is -5.47. The average Bonchev–Trinajstić information content (AvgIpc) is 0.761. The van der Waals surface area contributed by atoms with Crippen molar-refractivity contribution in [3.63, 3.8) is 0 Å². The van der Waals surface area contributed by atoms with E-state index in [9.17, 15) is 158 Å². The number of ether oxygens (including phenoxy) is 15. The predicted octanol–water partition coefficient (Wildman–Crippen LogP) is -20.5. The van der Waals surface area contributed by atoms with E-state index >= 15 is 0 Å². The van der Waals surface area contributed by atoms with E-state index in [4.69, 9.17) is 71.1 Å². The normalized spacial score (nSPS) is 50.7. The van der Waals surface area contributed by atoms with Crippen LogP contribution in [0.25, 0.3) is 0 Å². The van der Waals surface area contributed by atoms with E-state index in [1.54, 1.807) is 0 Å². The maximum atomic E-state index is 12.6. The van der Waals surface area contributed by atoms with Crippen molar-refractivity contribution in [3.05, 3.63) is 0 Å². The minimum atomic E-state index is -3.33. The van der Waals surface area contributed by atoms with Crippen molar-refractivity contribution >= 4 is 5.97 Å². The Bertz CT molecular complexity index is 2470. The van der Waals surface area contributed by atoms with Crippen molar-refractivity contribution in [2.45, 2.75) is 270 Å². The van der Waals surface area contributed by atoms with Gasteiger partial charge in [0, 0.05) is 6.42 Å². The molecule has 43 atom stereocenters. The van der Waals surface area contributed by atoms with E-state index in [-0.39, 0.29) is 0 Å². The van der Waals surface area contributed by atoms with Crippen LogP contribution < -0.4 is 0 Å². The van der Waals surface area contributed by atoms with E-state index in [0.29, 0.717) is 0 Å². The van der Waals surface area contributed by atoms with Crippen LogP contribution in [-0.4, -0.2) is 475 Å². The van der Waals surface area contributed by atoms with Gasteiger partial charge in [-0.3, -0.25) is 0 Å².